The number of aryl methyl sites for hydroxylation is 2. The van der Waals surface area contributed by atoms with Gasteiger partial charge in [-0.1, -0.05) is 11.6 Å². The lowest BCUT2D eigenvalue weighted by atomic mass is 9.74. The lowest BCUT2D eigenvalue weighted by molar-refractivity contribution is 0.187. The molecule has 1 aliphatic heterocycles. The maximum Gasteiger partial charge on any atom is 0.155 e. The van der Waals surface area contributed by atoms with Crippen molar-refractivity contribution in [1.29, 1.82) is 0 Å². The van der Waals surface area contributed by atoms with E-state index in [0.29, 0.717) is 10.5 Å². The van der Waals surface area contributed by atoms with Crippen molar-refractivity contribution in [3.8, 4) is 11.3 Å². The van der Waals surface area contributed by atoms with Gasteiger partial charge in [0.15, 0.2) is 5.82 Å². The highest BCUT2D eigenvalue weighted by Gasteiger charge is 2.48. The summed E-state index contributed by atoms with van der Waals surface area (Å²) in [5, 5.41) is 6.34. The van der Waals surface area contributed by atoms with Gasteiger partial charge in [0.25, 0.3) is 0 Å². The first kappa shape index (κ1) is 22.1. The van der Waals surface area contributed by atoms with E-state index < -0.39 is 0 Å². The van der Waals surface area contributed by atoms with Crippen molar-refractivity contribution in [2.24, 2.45) is 11.1 Å². The van der Waals surface area contributed by atoms with E-state index in [1.54, 1.807) is 23.7 Å². The molecule has 2 aliphatic rings. The number of fused-ring (bicyclic) bond motifs is 3. The molecule has 36 heavy (non-hydrogen) atoms. The Balaban J connectivity index is 1.24. The van der Waals surface area contributed by atoms with E-state index in [9.17, 15) is 0 Å². The van der Waals surface area contributed by atoms with Gasteiger partial charge in [-0.05, 0) is 56.7 Å². The molecule has 1 atom stereocenters. The van der Waals surface area contributed by atoms with Crippen molar-refractivity contribution in [3.05, 3.63) is 63.1 Å². The zero-order valence-corrected chi connectivity index (χ0v) is 21.6. The van der Waals surface area contributed by atoms with E-state index in [1.165, 1.54) is 10.6 Å². The van der Waals surface area contributed by atoms with Crippen molar-refractivity contribution in [2.45, 2.75) is 39.2 Å². The normalized spacial score (nSPS) is 19.0. The zero-order chi connectivity index (χ0) is 24.6. The zero-order valence-electron chi connectivity index (χ0n) is 20.1. The minimum atomic E-state index is 0.0750. The van der Waals surface area contributed by atoms with Gasteiger partial charge in [0.2, 0.25) is 0 Å². The lowest BCUT2D eigenvalue weighted by Crippen LogP contribution is -2.44. The number of rotatable bonds is 2. The monoisotopic (exact) mass is 516 g/mol. The number of halogens is 1. The average molecular weight is 517 g/mol. The van der Waals surface area contributed by atoms with Gasteiger partial charge in [0.1, 0.15) is 11.0 Å². The smallest absolute Gasteiger partial charge is 0.155 e. The molecule has 4 aromatic heterocycles. The fourth-order valence-corrected chi connectivity index (χ4v) is 7.41. The molecule has 0 radical (unpaired) electrons. The Labute approximate surface area is 217 Å². The third-order valence-electron chi connectivity index (χ3n) is 7.89. The quantitative estimate of drug-likeness (QED) is 0.356. The second-order valence-corrected chi connectivity index (χ2v) is 11.5. The van der Waals surface area contributed by atoms with Gasteiger partial charge in [-0.2, -0.15) is 5.10 Å². The second-order valence-electron chi connectivity index (χ2n) is 9.90. The molecule has 5 heterocycles. The van der Waals surface area contributed by atoms with E-state index in [0.717, 1.165) is 71.2 Å². The standard InChI is InChI=1S/C26H25ClN8S/c1-14-22(16-3-4-17-21(20(16)27)30-10-9-29-17)35-19(5-8-31-35)25(32-14)34-11-6-26(7-12-34)13-18-23(24(26)28)36-15(2)33-18/h3-5,8-10,24H,6-7,11-13,28H2,1-2H3/t24-/m1/s1. The molecule has 8 nitrogen and oxygen atoms in total. The summed E-state index contributed by atoms with van der Waals surface area (Å²) in [6.45, 7) is 5.89. The summed E-state index contributed by atoms with van der Waals surface area (Å²) in [7, 11) is 0. The Morgan fingerprint density at radius 1 is 1.06 bits per heavy atom. The van der Waals surface area contributed by atoms with Gasteiger partial charge in [0.05, 0.1) is 38.8 Å². The fourth-order valence-electron chi connectivity index (χ4n) is 6.03. The van der Waals surface area contributed by atoms with Gasteiger partial charge in [-0.3, -0.25) is 9.97 Å². The molecule has 1 aromatic carbocycles. The highest BCUT2D eigenvalue weighted by Crippen LogP contribution is 2.52. The van der Waals surface area contributed by atoms with Gasteiger partial charge >= 0.3 is 0 Å². The van der Waals surface area contributed by atoms with Crippen LogP contribution in [0, 0.1) is 19.3 Å². The van der Waals surface area contributed by atoms with E-state index in [4.69, 9.17) is 27.3 Å². The van der Waals surface area contributed by atoms with Crippen LogP contribution in [0.1, 0.15) is 40.2 Å². The summed E-state index contributed by atoms with van der Waals surface area (Å²) in [5.41, 5.74) is 13.1. The summed E-state index contributed by atoms with van der Waals surface area (Å²) >= 11 is 8.59. The van der Waals surface area contributed by atoms with Gasteiger partial charge in [0, 0.05) is 42.0 Å². The van der Waals surface area contributed by atoms with Crippen LogP contribution < -0.4 is 10.6 Å². The predicted octanol–water partition coefficient (Wildman–Crippen LogP) is 4.91. The van der Waals surface area contributed by atoms with Crippen molar-refractivity contribution < 1.29 is 0 Å². The van der Waals surface area contributed by atoms with Crippen LogP contribution in [0.3, 0.4) is 0 Å². The second kappa shape index (κ2) is 7.93. The molecule has 1 aliphatic carbocycles. The molecule has 0 saturated carbocycles. The highest BCUT2D eigenvalue weighted by molar-refractivity contribution is 7.11. The van der Waals surface area contributed by atoms with Crippen molar-refractivity contribution in [2.75, 3.05) is 18.0 Å². The van der Waals surface area contributed by atoms with Crippen LogP contribution in [0.2, 0.25) is 5.02 Å². The number of thiazole rings is 1. The first-order valence-electron chi connectivity index (χ1n) is 12.2. The molecule has 7 rings (SSSR count). The van der Waals surface area contributed by atoms with Gasteiger partial charge in [-0.25, -0.2) is 14.5 Å². The summed E-state index contributed by atoms with van der Waals surface area (Å²) in [5.74, 6) is 0.954. The molecule has 182 valence electrons. The molecular formula is C26H25ClN8S. The summed E-state index contributed by atoms with van der Waals surface area (Å²) in [6, 6.07) is 6.02. The van der Waals surface area contributed by atoms with Crippen LogP contribution in [-0.4, -0.2) is 42.6 Å². The molecular weight excluding hydrogens is 492 g/mol. The lowest BCUT2D eigenvalue weighted by Gasteiger charge is -2.42. The number of anilines is 1. The first-order valence-corrected chi connectivity index (χ1v) is 13.4. The number of nitrogens with zero attached hydrogens (tertiary/aromatic N) is 7. The molecule has 1 saturated heterocycles. The Morgan fingerprint density at radius 2 is 1.86 bits per heavy atom. The highest BCUT2D eigenvalue weighted by atomic mass is 35.5. The molecule has 0 amide bonds. The summed E-state index contributed by atoms with van der Waals surface area (Å²) in [6.07, 6.45) is 8.18. The SMILES string of the molecule is Cc1nc2c(s1)[C@@H](N)C1(CCN(c3nc(C)c(-c4ccc5nccnc5c4Cl)n4nccc34)CC1)C2. The average Bonchev–Trinajstić information content (AvgIpc) is 3.56. The van der Waals surface area contributed by atoms with Crippen molar-refractivity contribution >= 4 is 45.3 Å². The molecule has 0 bridgehead atoms. The van der Waals surface area contributed by atoms with Crippen LogP contribution in [0.25, 0.3) is 27.8 Å². The maximum absolute atomic E-state index is 6.83. The van der Waals surface area contributed by atoms with Crippen LogP contribution >= 0.6 is 22.9 Å². The predicted molar refractivity (Wildman–Crippen MR) is 143 cm³/mol. The molecule has 10 heteroatoms. The van der Waals surface area contributed by atoms with Crippen LogP contribution in [0.5, 0.6) is 0 Å². The van der Waals surface area contributed by atoms with Crippen LogP contribution in [0.4, 0.5) is 5.82 Å². The van der Waals surface area contributed by atoms with Crippen molar-refractivity contribution in [1.82, 2.24) is 29.5 Å². The third-order valence-corrected chi connectivity index (χ3v) is 9.37. The fraction of sp³-hybridized carbons (Fsp3) is 0.346. The topological polar surface area (TPSA) is 98.1 Å². The van der Waals surface area contributed by atoms with E-state index in [1.807, 2.05) is 35.8 Å². The first-order chi connectivity index (χ1) is 17.4. The Hall–Kier alpha value is -3.14. The van der Waals surface area contributed by atoms with Crippen molar-refractivity contribution in [3.63, 3.8) is 0 Å². The molecule has 2 N–H and O–H groups in total. The summed E-state index contributed by atoms with van der Waals surface area (Å²) in [4.78, 5) is 22.3. The Morgan fingerprint density at radius 3 is 2.67 bits per heavy atom. The molecule has 0 unspecified atom stereocenters. The van der Waals surface area contributed by atoms with Gasteiger partial charge in [-0.15, -0.1) is 11.3 Å². The number of nitrogens with two attached hydrogens (primary N) is 1. The van der Waals surface area contributed by atoms with E-state index in [-0.39, 0.29) is 11.5 Å². The van der Waals surface area contributed by atoms with Crippen LogP contribution in [-0.2, 0) is 6.42 Å². The molecule has 1 spiro atoms. The third kappa shape index (κ3) is 3.12. The molecule has 1 fully saturated rings. The number of aromatic nitrogens is 6. The van der Waals surface area contributed by atoms with Crippen LogP contribution in [0.15, 0.2) is 36.8 Å². The minimum Gasteiger partial charge on any atom is -0.355 e. The number of hydrogen-bond donors (Lipinski definition) is 1. The summed E-state index contributed by atoms with van der Waals surface area (Å²) < 4.78 is 1.96. The Kier molecular flexibility index (Phi) is 4.86. The van der Waals surface area contributed by atoms with E-state index >= 15 is 0 Å². The number of piperidine rings is 1. The molecule has 5 aromatic rings. The number of benzene rings is 1. The minimum absolute atomic E-state index is 0.0750. The van der Waals surface area contributed by atoms with E-state index in [2.05, 4.69) is 26.9 Å². The maximum atomic E-state index is 6.83. The Bertz CT molecular complexity index is 1650. The van der Waals surface area contributed by atoms with Gasteiger partial charge < -0.3 is 10.6 Å². The number of hydrogen-bond acceptors (Lipinski definition) is 8. The largest absolute Gasteiger partial charge is 0.355 e.